The largest absolute Gasteiger partial charge is 0.389 e. The van der Waals surface area contributed by atoms with Crippen molar-refractivity contribution < 1.29 is 23.4 Å². The van der Waals surface area contributed by atoms with Gasteiger partial charge in [0.2, 0.25) is 5.91 Å². The smallest absolute Gasteiger partial charge is 0.238 e. The Bertz CT molecular complexity index is 461. The second-order valence-electron chi connectivity index (χ2n) is 4.99. The van der Waals surface area contributed by atoms with Crippen LogP contribution in [0.25, 0.3) is 0 Å². The molecule has 0 aliphatic rings. The van der Waals surface area contributed by atoms with E-state index in [9.17, 15) is 18.7 Å². The van der Waals surface area contributed by atoms with Crippen molar-refractivity contribution in [1.82, 2.24) is 5.32 Å². The maximum absolute atomic E-state index is 13.3. The molecule has 3 N–H and O–H groups in total. The fourth-order valence-corrected chi connectivity index (χ4v) is 1.66. The first kappa shape index (κ1) is 17.5. The summed E-state index contributed by atoms with van der Waals surface area (Å²) in [5.74, 6) is -2.27. The van der Waals surface area contributed by atoms with Crippen LogP contribution in [-0.4, -0.2) is 43.4 Å². The Hall–Kier alpha value is -1.57. The number of para-hydroxylation sites is 1. The number of anilines is 1. The average Bonchev–Trinajstić information content (AvgIpc) is 2.41. The predicted octanol–water partition coefficient (Wildman–Crippen LogP) is 1.28. The third-order valence-electron chi connectivity index (χ3n) is 2.86. The molecule has 0 fully saturated rings. The molecule has 7 heteroatoms. The van der Waals surface area contributed by atoms with Gasteiger partial charge < -0.3 is 20.5 Å². The van der Waals surface area contributed by atoms with Gasteiger partial charge in [0.25, 0.3) is 0 Å². The molecule has 118 valence electrons. The van der Waals surface area contributed by atoms with Crippen LogP contribution < -0.4 is 10.6 Å². The quantitative estimate of drug-likeness (QED) is 0.676. The lowest BCUT2D eigenvalue weighted by Crippen LogP contribution is -2.41. The van der Waals surface area contributed by atoms with E-state index in [1.807, 2.05) is 0 Å². The third kappa shape index (κ3) is 6.16. The van der Waals surface area contributed by atoms with Crippen LogP contribution in [0.2, 0.25) is 0 Å². The molecule has 0 saturated carbocycles. The van der Waals surface area contributed by atoms with Gasteiger partial charge in [0.05, 0.1) is 12.1 Å². The number of rotatable bonds is 8. The molecular formula is C14H20F2N2O3. The van der Waals surface area contributed by atoms with E-state index in [2.05, 4.69) is 10.6 Å². The Labute approximate surface area is 122 Å². The number of amides is 1. The zero-order valence-corrected chi connectivity index (χ0v) is 12.1. The molecule has 1 rings (SSSR count). The maximum Gasteiger partial charge on any atom is 0.238 e. The molecule has 0 saturated heterocycles. The zero-order valence-electron chi connectivity index (χ0n) is 12.1. The Morgan fingerprint density at radius 1 is 1.38 bits per heavy atom. The highest BCUT2D eigenvalue weighted by Crippen LogP contribution is 2.17. The third-order valence-corrected chi connectivity index (χ3v) is 2.86. The Morgan fingerprint density at radius 3 is 2.57 bits per heavy atom. The summed E-state index contributed by atoms with van der Waals surface area (Å²) >= 11 is 0. The topological polar surface area (TPSA) is 70.6 Å². The second-order valence-corrected chi connectivity index (χ2v) is 4.99. The van der Waals surface area contributed by atoms with Gasteiger partial charge >= 0.3 is 0 Å². The molecule has 1 aromatic carbocycles. The van der Waals surface area contributed by atoms with E-state index in [1.165, 1.54) is 13.2 Å². The molecule has 0 aliphatic heterocycles. The van der Waals surface area contributed by atoms with Crippen molar-refractivity contribution >= 4 is 11.6 Å². The van der Waals surface area contributed by atoms with Crippen molar-refractivity contribution in [2.24, 2.45) is 0 Å². The summed E-state index contributed by atoms with van der Waals surface area (Å²) in [6.07, 6.45) is 0.403. The highest BCUT2D eigenvalue weighted by Gasteiger charge is 2.20. The van der Waals surface area contributed by atoms with E-state index in [-0.39, 0.29) is 13.1 Å². The van der Waals surface area contributed by atoms with Crippen LogP contribution in [0.3, 0.4) is 0 Å². The van der Waals surface area contributed by atoms with Crippen LogP contribution in [0.1, 0.15) is 13.3 Å². The number of hydrogen-bond donors (Lipinski definition) is 3. The lowest BCUT2D eigenvalue weighted by Gasteiger charge is -2.23. The minimum Gasteiger partial charge on any atom is -0.389 e. The number of hydrogen-bond acceptors (Lipinski definition) is 4. The molecule has 1 aromatic rings. The monoisotopic (exact) mass is 302 g/mol. The fraction of sp³-hybridized carbons (Fsp3) is 0.500. The van der Waals surface area contributed by atoms with E-state index in [4.69, 9.17) is 4.74 Å². The number of carbonyl (C=O) groups excluding carboxylic acids is 1. The number of aliphatic hydroxyl groups is 1. The van der Waals surface area contributed by atoms with Gasteiger partial charge in [-0.1, -0.05) is 6.07 Å². The van der Waals surface area contributed by atoms with Crippen LogP contribution in [0, 0.1) is 11.6 Å². The van der Waals surface area contributed by atoms with E-state index < -0.39 is 28.8 Å². The molecule has 21 heavy (non-hydrogen) atoms. The van der Waals surface area contributed by atoms with E-state index in [0.717, 1.165) is 12.1 Å². The molecule has 0 spiro atoms. The van der Waals surface area contributed by atoms with Gasteiger partial charge in [-0.15, -0.1) is 0 Å². The van der Waals surface area contributed by atoms with Gasteiger partial charge in [0.15, 0.2) is 0 Å². The summed E-state index contributed by atoms with van der Waals surface area (Å²) in [6.45, 7) is 1.98. The molecule has 0 radical (unpaired) electrons. The van der Waals surface area contributed by atoms with Gasteiger partial charge in [-0.25, -0.2) is 8.78 Å². The minimum absolute atomic E-state index is 0.156. The summed E-state index contributed by atoms with van der Waals surface area (Å²) in [5, 5.41) is 14.8. The molecule has 0 aliphatic carbocycles. The number of benzene rings is 1. The Morgan fingerprint density at radius 2 is 2.00 bits per heavy atom. The van der Waals surface area contributed by atoms with Gasteiger partial charge in [0, 0.05) is 26.7 Å². The van der Waals surface area contributed by atoms with Crippen molar-refractivity contribution in [3.8, 4) is 0 Å². The lowest BCUT2D eigenvalue weighted by atomic mass is 10.0. The fourth-order valence-electron chi connectivity index (χ4n) is 1.66. The average molecular weight is 302 g/mol. The van der Waals surface area contributed by atoms with Crippen molar-refractivity contribution in [3.05, 3.63) is 29.8 Å². The van der Waals surface area contributed by atoms with Crippen molar-refractivity contribution in [2.75, 3.05) is 32.1 Å². The molecule has 1 atom stereocenters. The molecule has 5 nitrogen and oxygen atoms in total. The van der Waals surface area contributed by atoms with Crippen molar-refractivity contribution in [2.45, 2.75) is 18.9 Å². The van der Waals surface area contributed by atoms with Crippen LogP contribution in [0.15, 0.2) is 18.2 Å². The first-order chi connectivity index (χ1) is 9.85. The van der Waals surface area contributed by atoms with Crippen LogP contribution >= 0.6 is 0 Å². The summed E-state index contributed by atoms with van der Waals surface area (Å²) < 4.78 is 31.5. The zero-order chi connectivity index (χ0) is 15.9. The molecule has 0 bridgehead atoms. The molecule has 1 unspecified atom stereocenters. The van der Waals surface area contributed by atoms with Gasteiger partial charge in [-0.05, 0) is 19.1 Å². The summed E-state index contributed by atoms with van der Waals surface area (Å²) in [5.41, 5.74) is -1.50. The standard InChI is InChI=1S/C14H20F2N2O3/c1-14(20,6-7-21-2)9-17-8-12(19)18-13-10(15)4-3-5-11(13)16/h3-5,17,20H,6-9H2,1-2H3,(H,18,19). The lowest BCUT2D eigenvalue weighted by molar-refractivity contribution is -0.115. The summed E-state index contributed by atoms with van der Waals surface area (Å²) in [4.78, 5) is 11.6. The summed E-state index contributed by atoms with van der Waals surface area (Å²) in [6, 6.07) is 3.33. The first-order valence-corrected chi connectivity index (χ1v) is 6.51. The highest BCUT2D eigenvalue weighted by atomic mass is 19.1. The first-order valence-electron chi connectivity index (χ1n) is 6.51. The molecule has 0 heterocycles. The second kappa shape index (κ2) is 8.02. The normalized spacial score (nSPS) is 13.8. The van der Waals surface area contributed by atoms with Crippen LogP contribution in [0.4, 0.5) is 14.5 Å². The molecular weight excluding hydrogens is 282 g/mol. The minimum atomic E-state index is -1.03. The van der Waals surface area contributed by atoms with Crippen molar-refractivity contribution in [3.63, 3.8) is 0 Å². The van der Waals surface area contributed by atoms with Crippen LogP contribution in [0.5, 0.6) is 0 Å². The van der Waals surface area contributed by atoms with Gasteiger partial charge in [0.1, 0.15) is 17.3 Å². The highest BCUT2D eigenvalue weighted by molar-refractivity contribution is 5.92. The van der Waals surface area contributed by atoms with E-state index in [1.54, 1.807) is 6.92 Å². The maximum atomic E-state index is 13.3. The van der Waals surface area contributed by atoms with Crippen molar-refractivity contribution in [1.29, 1.82) is 0 Å². The molecule has 1 amide bonds. The van der Waals surface area contributed by atoms with E-state index >= 15 is 0 Å². The number of methoxy groups -OCH3 is 1. The van der Waals surface area contributed by atoms with Crippen LogP contribution in [-0.2, 0) is 9.53 Å². The van der Waals surface area contributed by atoms with Gasteiger partial charge in [-0.3, -0.25) is 4.79 Å². The number of carbonyl (C=O) groups is 1. The number of nitrogens with one attached hydrogen (secondary N) is 2. The number of halogens is 2. The SMILES string of the molecule is COCCC(C)(O)CNCC(=O)Nc1c(F)cccc1F. The predicted molar refractivity (Wildman–Crippen MR) is 75.0 cm³/mol. The Kier molecular flexibility index (Phi) is 6.67. The molecule has 0 aromatic heterocycles. The Balaban J connectivity index is 2.41. The summed E-state index contributed by atoms with van der Waals surface area (Å²) in [7, 11) is 1.53. The van der Waals surface area contributed by atoms with E-state index in [0.29, 0.717) is 13.0 Å². The van der Waals surface area contributed by atoms with Gasteiger partial charge in [-0.2, -0.15) is 0 Å². The number of ether oxygens (including phenoxy) is 1.